The van der Waals surface area contributed by atoms with Gasteiger partial charge in [-0.25, -0.2) is 0 Å². The highest BCUT2D eigenvalue weighted by molar-refractivity contribution is 5.10. The van der Waals surface area contributed by atoms with Gasteiger partial charge in [-0.2, -0.15) is 5.10 Å². The predicted molar refractivity (Wildman–Crippen MR) is 80.3 cm³/mol. The quantitative estimate of drug-likeness (QED) is 0.827. The van der Waals surface area contributed by atoms with E-state index < -0.39 is 0 Å². The molecular weight excluding hydrogens is 234 g/mol. The highest BCUT2D eigenvalue weighted by Crippen LogP contribution is 2.26. The average Bonchev–Trinajstić information content (AvgIpc) is 2.59. The molecular formula is C16H29N3. The van der Waals surface area contributed by atoms with Gasteiger partial charge in [0.2, 0.25) is 0 Å². The van der Waals surface area contributed by atoms with E-state index in [-0.39, 0.29) is 0 Å². The normalized spacial score (nSPS) is 24.4. The van der Waals surface area contributed by atoms with Gasteiger partial charge in [0.15, 0.2) is 0 Å². The molecule has 1 fully saturated rings. The van der Waals surface area contributed by atoms with E-state index in [1.807, 2.05) is 0 Å². The van der Waals surface area contributed by atoms with Crippen molar-refractivity contribution in [2.45, 2.75) is 64.8 Å². The molecule has 0 saturated heterocycles. The number of nitrogens with zero attached hydrogens (tertiary/aromatic N) is 2. The summed E-state index contributed by atoms with van der Waals surface area (Å²) in [6, 6.07) is 2.96. The van der Waals surface area contributed by atoms with Crippen molar-refractivity contribution in [1.82, 2.24) is 15.1 Å². The molecule has 0 aliphatic heterocycles. The first kappa shape index (κ1) is 14.6. The number of aryl methyl sites for hydroxylation is 2. The highest BCUT2D eigenvalue weighted by Gasteiger charge is 2.24. The molecule has 1 aromatic rings. The van der Waals surface area contributed by atoms with E-state index in [0.717, 1.165) is 18.2 Å². The molecule has 1 aromatic heterocycles. The van der Waals surface area contributed by atoms with Crippen LogP contribution in [0.25, 0.3) is 0 Å². The molecule has 1 heterocycles. The van der Waals surface area contributed by atoms with Crippen LogP contribution in [0.2, 0.25) is 0 Å². The van der Waals surface area contributed by atoms with Gasteiger partial charge in [-0.1, -0.05) is 26.2 Å². The monoisotopic (exact) mass is 263 g/mol. The Morgan fingerprint density at radius 2 is 2.11 bits per heavy atom. The second-order valence-corrected chi connectivity index (χ2v) is 6.06. The van der Waals surface area contributed by atoms with Crippen LogP contribution in [0, 0.1) is 12.8 Å². The Kier molecular flexibility index (Phi) is 5.44. The molecule has 1 aliphatic carbocycles. The third-order valence-electron chi connectivity index (χ3n) is 4.39. The van der Waals surface area contributed by atoms with Gasteiger partial charge in [0, 0.05) is 18.8 Å². The van der Waals surface area contributed by atoms with Gasteiger partial charge in [-0.05, 0) is 51.1 Å². The summed E-state index contributed by atoms with van der Waals surface area (Å²) in [5, 5.41) is 8.26. The van der Waals surface area contributed by atoms with Crippen LogP contribution in [0.3, 0.4) is 0 Å². The van der Waals surface area contributed by atoms with Gasteiger partial charge in [0.25, 0.3) is 0 Å². The Hall–Kier alpha value is -0.830. The standard InChI is InChI=1S/C16H29N3/c1-4-10-17-16-9-7-5-6-8-14(16)12-15-11-13(2)18-19(15)3/h11,14,16-17H,4-10,12H2,1-3H3. The fourth-order valence-corrected chi connectivity index (χ4v) is 3.35. The fourth-order valence-electron chi connectivity index (χ4n) is 3.35. The minimum Gasteiger partial charge on any atom is -0.314 e. The molecule has 1 saturated carbocycles. The minimum atomic E-state index is 0.706. The average molecular weight is 263 g/mol. The van der Waals surface area contributed by atoms with E-state index >= 15 is 0 Å². The maximum atomic E-state index is 4.48. The lowest BCUT2D eigenvalue weighted by Gasteiger charge is -2.26. The van der Waals surface area contributed by atoms with Gasteiger partial charge in [0.05, 0.1) is 5.69 Å². The lowest BCUT2D eigenvalue weighted by Crippen LogP contribution is -2.37. The topological polar surface area (TPSA) is 29.9 Å². The molecule has 1 N–H and O–H groups in total. The Morgan fingerprint density at radius 3 is 2.79 bits per heavy atom. The molecule has 0 radical (unpaired) electrons. The van der Waals surface area contributed by atoms with E-state index in [9.17, 15) is 0 Å². The molecule has 1 aliphatic rings. The molecule has 19 heavy (non-hydrogen) atoms. The molecule has 0 bridgehead atoms. The summed E-state index contributed by atoms with van der Waals surface area (Å²) >= 11 is 0. The second-order valence-electron chi connectivity index (χ2n) is 6.06. The summed E-state index contributed by atoms with van der Waals surface area (Å²) in [5.41, 5.74) is 2.54. The van der Waals surface area contributed by atoms with E-state index in [2.05, 4.69) is 42.1 Å². The summed E-state index contributed by atoms with van der Waals surface area (Å²) in [7, 11) is 2.08. The molecule has 108 valence electrons. The van der Waals surface area contributed by atoms with Crippen molar-refractivity contribution in [1.29, 1.82) is 0 Å². The summed E-state index contributed by atoms with van der Waals surface area (Å²) in [6.45, 7) is 5.50. The molecule has 3 heteroatoms. The fraction of sp³-hybridized carbons (Fsp3) is 0.812. The Balaban J connectivity index is 2.02. The Bertz CT molecular complexity index is 383. The number of hydrogen-bond donors (Lipinski definition) is 1. The van der Waals surface area contributed by atoms with E-state index in [1.165, 1.54) is 50.6 Å². The third-order valence-corrected chi connectivity index (χ3v) is 4.39. The molecule has 0 aromatic carbocycles. The molecule has 0 spiro atoms. The summed E-state index contributed by atoms with van der Waals surface area (Å²) < 4.78 is 2.07. The highest BCUT2D eigenvalue weighted by atomic mass is 15.3. The maximum Gasteiger partial charge on any atom is 0.0596 e. The summed E-state index contributed by atoms with van der Waals surface area (Å²) in [4.78, 5) is 0. The number of rotatable bonds is 5. The van der Waals surface area contributed by atoms with E-state index in [0.29, 0.717) is 6.04 Å². The molecule has 0 amide bonds. The largest absolute Gasteiger partial charge is 0.314 e. The minimum absolute atomic E-state index is 0.706. The maximum absolute atomic E-state index is 4.48. The van der Waals surface area contributed by atoms with Crippen LogP contribution in [-0.2, 0) is 13.5 Å². The molecule has 3 nitrogen and oxygen atoms in total. The van der Waals surface area contributed by atoms with Crippen molar-refractivity contribution in [3.8, 4) is 0 Å². The van der Waals surface area contributed by atoms with Crippen LogP contribution in [0.15, 0.2) is 6.07 Å². The van der Waals surface area contributed by atoms with Crippen molar-refractivity contribution in [2.75, 3.05) is 6.54 Å². The van der Waals surface area contributed by atoms with Crippen LogP contribution in [0.5, 0.6) is 0 Å². The number of aromatic nitrogens is 2. The molecule has 2 rings (SSSR count). The van der Waals surface area contributed by atoms with Gasteiger partial charge >= 0.3 is 0 Å². The number of hydrogen-bond acceptors (Lipinski definition) is 2. The van der Waals surface area contributed by atoms with E-state index in [1.54, 1.807) is 0 Å². The van der Waals surface area contributed by atoms with Crippen molar-refractivity contribution < 1.29 is 0 Å². The first-order valence-electron chi connectivity index (χ1n) is 7.93. The SMILES string of the molecule is CCCNC1CCCCCC1Cc1cc(C)nn1C. The zero-order chi connectivity index (χ0) is 13.7. The first-order valence-corrected chi connectivity index (χ1v) is 7.93. The van der Waals surface area contributed by atoms with Gasteiger partial charge in [-0.15, -0.1) is 0 Å². The second kappa shape index (κ2) is 7.09. The lowest BCUT2D eigenvalue weighted by molar-refractivity contribution is 0.327. The van der Waals surface area contributed by atoms with Gasteiger partial charge in [-0.3, -0.25) is 4.68 Å². The van der Waals surface area contributed by atoms with Crippen molar-refractivity contribution in [3.63, 3.8) is 0 Å². The van der Waals surface area contributed by atoms with Crippen LogP contribution < -0.4 is 5.32 Å². The van der Waals surface area contributed by atoms with Crippen LogP contribution in [0.1, 0.15) is 56.8 Å². The smallest absolute Gasteiger partial charge is 0.0596 e. The van der Waals surface area contributed by atoms with E-state index in [4.69, 9.17) is 0 Å². The summed E-state index contributed by atoms with van der Waals surface area (Å²) in [6.07, 6.45) is 9.32. The molecule has 2 unspecified atom stereocenters. The van der Waals surface area contributed by atoms with Crippen molar-refractivity contribution in [3.05, 3.63) is 17.5 Å². The number of nitrogens with one attached hydrogen (secondary N) is 1. The van der Waals surface area contributed by atoms with Crippen molar-refractivity contribution in [2.24, 2.45) is 13.0 Å². The lowest BCUT2D eigenvalue weighted by atomic mass is 9.90. The third kappa shape index (κ3) is 4.07. The molecule has 2 atom stereocenters. The van der Waals surface area contributed by atoms with Crippen LogP contribution in [-0.4, -0.2) is 22.4 Å². The zero-order valence-electron chi connectivity index (χ0n) is 12.8. The Labute approximate surface area is 117 Å². The predicted octanol–water partition coefficient (Wildman–Crippen LogP) is 3.22. The zero-order valence-corrected chi connectivity index (χ0v) is 12.8. The summed E-state index contributed by atoms with van der Waals surface area (Å²) in [5.74, 6) is 0.781. The van der Waals surface area contributed by atoms with Gasteiger partial charge < -0.3 is 5.32 Å². The van der Waals surface area contributed by atoms with Gasteiger partial charge in [0.1, 0.15) is 0 Å². The Morgan fingerprint density at radius 1 is 1.32 bits per heavy atom. The first-order chi connectivity index (χ1) is 9.20. The van der Waals surface area contributed by atoms with Crippen LogP contribution in [0.4, 0.5) is 0 Å². The van der Waals surface area contributed by atoms with Crippen molar-refractivity contribution >= 4 is 0 Å². The van der Waals surface area contributed by atoms with Crippen LogP contribution >= 0.6 is 0 Å².